The van der Waals surface area contributed by atoms with Crippen molar-refractivity contribution in [3.05, 3.63) is 82.1 Å². The molecule has 2 aromatic heterocycles. The Labute approximate surface area is 261 Å². The van der Waals surface area contributed by atoms with Crippen molar-refractivity contribution >= 4 is 44.7 Å². The molecule has 1 unspecified atom stereocenters. The van der Waals surface area contributed by atoms with Crippen LogP contribution in [0, 0.1) is 23.7 Å². The number of likely N-dealkylation sites (tertiary alicyclic amines) is 1. The lowest BCUT2D eigenvalue weighted by molar-refractivity contribution is -0.132. The van der Waals surface area contributed by atoms with E-state index in [9.17, 15) is 14.9 Å². The third kappa shape index (κ3) is 6.00. The van der Waals surface area contributed by atoms with E-state index in [1.54, 1.807) is 12.3 Å². The molecule has 1 fully saturated rings. The first kappa shape index (κ1) is 29.3. The molecule has 1 atom stereocenters. The second-order valence-corrected chi connectivity index (χ2v) is 12.3. The zero-order chi connectivity index (χ0) is 30.6. The fraction of sp³-hybridized carbons (Fsp3) is 0.324. The van der Waals surface area contributed by atoms with Crippen LogP contribution < -0.4 is 10.2 Å². The summed E-state index contributed by atoms with van der Waals surface area (Å²) in [5.41, 5.74) is 2.01. The maximum absolute atomic E-state index is 13.3. The van der Waals surface area contributed by atoms with Crippen LogP contribution in [0.5, 0.6) is 0 Å². The number of piperidine rings is 1. The maximum atomic E-state index is 13.3. The van der Waals surface area contributed by atoms with E-state index >= 15 is 0 Å². The number of hydrogen-bond acceptors (Lipinski definition) is 8. The molecule has 2 aliphatic rings. The number of rotatable bonds is 7. The van der Waals surface area contributed by atoms with Crippen molar-refractivity contribution in [3.63, 3.8) is 0 Å². The number of thiophene rings is 1. The number of nitriles is 1. The average molecular weight is 604 g/mol. The standard InChI is InChI=1S/C34H33N7O2S/c1-3-30-36-16-13-31(37-30)39(2)24-10-7-17-40(21-24)18-15-32(42)41-19-14-26-28(20-35)34(44-29(26)22-41)38-33(43)27-12-6-9-23-8-4-5-11-25(23)27/h1,4-6,8-9,11-13,16,24H,7,10,14-15,17-19,21-22H2,2H3,(H,38,43). The first-order chi connectivity index (χ1) is 21.4. The summed E-state index contributed by atoms with van der Waals surface area (Å²) < 4.78 is 0. The molecule has 0 radical (unpaired) electrons. The molecule has 10 heteroatoms. The Hall–Kier alpha value is -4.77. The van der Waals surface area contributed by atoms with Crippen LogP contribution in [0.3, 0.4) is 0 Å². The Morgan fingerprint density at radius 3 is 2.86 bits per heavy atom. The van der Waals surface area contributed by atoms with Crippen LogP contribution in [-0.4, -0.2) is 70.9 Å². The fourth-order valence-electron chi connectivity index (χ4n) is 6.18. The van der Waals surface area contributed by atoms with E-state index in [0.29, 0.717) is 54.4 Å². The number of amides is 2. The van der Waals surface area contributed by atoms with Gasteiger partial charge in [-0.15, -0.1) is 17.8 Å². The third-order valence-electron chi connectivity index (χ3n) is 8.58. The zero-order valence-electron chi connectivity index (χ0n) is 24.6. The van der Waals surface area contributed by atoms with Crippen LogP contribution in [0.15, 0.2) is 54.7 Å². The lowest BCUT2D eigenvalue weighted by Gasteiger charge is -2.38. The molecule has 0 saturated carbocycles. The first-order valence-corrected chi connectivity index (χ1v) is 15.6. The van der Waals surface area contributed by atoms with E-state index in [1.807, 2.05) is 54.4 Å². The number of likely N-dealkylation sites (N-methyl/N-ethyl adjacent to an activating group) is 1. The van der Waals surface area contributed by atoms with Crippen molar-refractivity contribution in [2.24, 2.45) is 0 Å². The van der Waals surface area contributed by atoms with E-state index in [1.165, 1.54) is 11.3 Å². The van der Waals surface area contributed by atoms with Crippen LogP contribution in [0.2, 0.25) is 0 Å². The second kappa shape index (κ2) is 12.8. The molecule has 0 bridgehead atoms. The Balaban J connectivity index is 1.07. The predicted octanol–water partition coefficient (Wildman–Crippen LogP) is 4.67. The molecule has 1 N–H and O–H groups in total. The predicted molar refractivity (Wildman–Crippen MR) is 173 cm³/mol. The second-order valence-electron chi connectivity index (χ2n) is 11.2. The molecule has 9 nitrogen and oxygen atoms in total. The molecule has 2 aromatic carbocycles. The van der Waals surface area contributed by atoms with Crippen LogP contribution in [-0.2, 0) is 17.8 Å². The topological polar surface area (TPSA) is 105 Å². The van der Waals surface area contributed by atoms with Crippen molar-refractivity contribution in [2.45, 2.75) is 38.3 Å². The monoisotopic (exact) mass is 603 g/mol. The number of hydrogen-bond donors (Lipinski definition) is 1. The minimum Gasteiger partial charge on any atom is -0.355 e. The van der Waals surface area contributed by atoms with E-state index in [4.69, 9.17) is 6.42 Å². The Morgan fingerprint density at radius 2 is 2.02 bits per heavy atom. The van der Waals surface area contributed by atoms with Crippen molar-refractivity contribution in [2.75, 3.05) is 43.4 Å². The Kier molecular flexibility index (Phi) is 8.56. The van der Waals surface area contributed by atoms with Gasteiger partial charge in [-0.25, -0.2) is 9.97 Å². The number of nitrogens with one attached hydrogen (secondary N) is 1. The van der Waals surface area contributed by atoms with Gasteiger partial charge in [-0.3, -0.25) is 9.59 Å². The first-order valence-electron chi connectivity index (χ1n) is 14.8. The molecule has 0 spiro atoms. The largest absolute Gasteiger partial charge is 0.355 e. The summed E-state index contributed by atoms with van der Waals surface area (Å²) in [7, 11) is 2.03. The van der Waals surface area contributed by atoms with Crippen molar-refractivity contribution < 1.29 is 9.59 Å². The number of nitrogens with zero attached hydrogens (tertiary/aromatic N) is 6. The van der Waals surface area contributed by atoms with Crippen LogP contribution in [0.25, 0.3) is 10.8 Å². The molecule has 4 heterocycles. The number of anilines is 2. The number of carbonyl (C=O) groups is 2. The molecule has 0 aliphatic carbocycles. The quantitative estimate of drug-likeness (QED) is 0.306. The molecule has 4 aromatic rings. The lowest BCUT2D eigenvalue weighted by atomic mass is 10.0. The van der Waals surface area contributed by atoms with Crippen LogP contribution in [0.4, 0.5) is 10.8 Å². The summed E-state index contributed by atoms with van der Waals surface area (Å²) >= 11 is 1.40. The average Bonchev–Trinajstić information content (AvgIpc) is 3.42. The molecule has 6 rings (SSSR count). The molecule has 44 heavy (non-hydrogen) atoms. The van der Waals surface area contributed by atoms with Crippen molar-refractivity contribution in [1.82, 2.24) is 19.8 Å². The summed E-state index contributed by atoms with van der Waals surface area (Å²) in [6.45, 7) is 3.50. The number of terminal acetylenes is 1. The van der Waals surface area contributed by atoms with Gasteiger partial charge in [0.1, 0.15) is 16.9 Å². The summed E-state index contributed by atoms with van der Waals surface area (Å²) in [5, 5.41) is 15.4. The lowest BCUT2D eigenvalue weighted by Crippen LogP contribution is -2.48. The van der Waals surface area contributed by atoms with Crippen LogP contribution >= 0.6 is 11.3 Å². The molecule has 222 valence electrons. The van der Waals surface area contributed by atoms with Crippen molar-refractivity contribution in [3.8, 4) is 18.4 Å². The molecule has 1 saturated heterocycles. The summed E-state index contributed by atoms with van der Waals surface area (Å²) in [5.74, 6) is 3.54. The van der Waals surface area contributed by atoms with Gasteiger partial charge in [0.15, 0.2) is 0 Å². The van der Waals surface area contributed by atoms with Crippen LogP contribution in [0.1, 0.15) is 51.4 Å². The van der Waals surface area contributed by atoms with Gasteiger partial charge >= 0.3 is 0 Å². The van der Waals surface area contributed by atoms with Crippen molar-refractivity contribution in [1.29, 1.82) is 5.26 Å². The molecular weight excluding hydrogens is 570 g/mol. The van der Waals surface area contributed by atoms with E-state index in [-0.39, 0.29) is 17.9 Å². The summed E-state index contributed by atoms with van der Waals surface area (Å²) in [4.78, 5) is 42.5. The Morgan fingerprint density at radius 1 is 1.18 bits per heavy atom. The minimum atomic E-state index is -0.244. The normalized spacial score (nSPS) is 16.5. The highest BCUT2D eigenvalue weighted by Gasteiger charge is 2.29. The van der Waals surface area contributed by atoms with E-state index < -0.39 is 0 Å². The van der Waals surface area contributed by atoms with Gasteiger partial charge in [0.2, 0.25) is 11.7 Å². The highest BCUT2D eigenvalue weighted by atomic mass is 32.1. The number of fused-ring (bicyclic) bond motifs is 2. The van der Waals surface area contributed by atoms with E-state index in [0.717, 1.165) is 53.0 Å². The van der Waals surface area contributed by atoms with Gasteiger partial charge in [-0.2, -0.15) is 5.26 Å². The zero-order valence-corrected chi connectivity index (χ0v) is 25.4. The third-order valence-corrected chi connectivity index (χ3v) is 9.72. The Bertz CT molecular complexity index is 1800. The summed E-state index contributed by atoms with van der Waals surface area (Å²) in [6.07, 6.45) is 10.3. The number of aromatic nitrogens is 2. The van der Waals surface area contributed by atoms with Gasteiger partial charge in [0, 0.05) is 55.8 Å². The molecule has 2 amide bonds. The minimum absolute atomic E-state index is 0.105. The van der Waals surface area contributed by atoms with Gasteiger partial charge < -0.3 is 20.0 Å². The maximum Gasteiger partial charge on any atom is 0.256 e. The summed E-state index contributed by atoms with van der Waals surface area (Å²) in [6, 6.07) is 17.8. The van der Waals surface area contributed by atoms with Gasteiger partial charge in [0.05, 0.1) is 12.1 Å². The fourth-order valence-corrected chi connectivity index (χ4v) is 7.39. The highest BCUT2D eigenvalue weighted by Crippen LogP contribution is 2.37. The number of carbonyl (C=O) groups excluding carboxylic acids is 2. The molecular formula is C34H33N7O2S. The smallest absolute Gasteiger partial charge is 0.256 e. The van der Waals surface area contributed by atoms with Gasteiger partial charge in [-0.05, 0) is 60.2 Å². The highest BCUT2D eigenvalue weighted by molar-refractivity contribution is 7.16. The molecule has 2 aliphatic heterocycles. The SMILES string of the molecule is C#Cc1nccc(N(C)C2CCCN(CCC(=O)N3CCc4c(sc(NC(=O)c5cccc6ccccc56)c4C#N)C3)C2)n1. The van der Waals surface area contributed by atoms with Gasteiger partial charge in [-0.1, -0.05) is 36.4 Å². The van der Waals surface area contributed by atoms with Gasteiger partial charge in [0.25, 0.3) is 5.91 Å². The van der Waals surface area contributed by atoms with E-state index in [2.05, 4.69) is 37.1 Å². The number of benzene rings is 2.